The van der Waals surface area contributed by atoms with Crippen LogP contribution in [-0.2, 0) is 19.1 Å². The molecule has 0 heterocycles. The normalized spacial score (nSPS) is 12.6. The molecule has 0 saturated carbocycles. The lowest BCUT2D eigenvalue weighted by molar-refractivity contribution is -0.150. The summed E-state index contributed by atoms with van der Waals surface area (Å²) in [6, 6.07) is 0. The van der Waals surface area contributed by atoms with Gasteiger partial charge in [-0.25, -0.2) is 4.79 Å². The van der Waals surface area contributed by atoms with Gasteiger partial charge in [0, 0.05) is 12.1 Å². The van der Waals surface area contributed by atoms with Gasteiger partial charge in [-0.05, 0) is 6.92 Å². The van der Waals surface area contributed by atoms with E-state index in [1.165, 1.54) is 6.92 Å². The van der Waals surface area contributed by atoms with Gasteiger partial charge in [0.1, 0.15) is 19.3 Å². The highest BCUT2D eigenvalue weighted by Gasteiger charge is 2.27. The van der Waals surface area contributed by atoms with Gasteiger partial charge >= 0.3 is 11.9 Å². The van der Waals surface area contributed by atoms with Crippen LogP contribution in [0.2, 0.25) is 0 Å². The van der Waals surface area contributed by atoms with E-state index in [2.05, 4.69) is 11.9 Å². The van der Waals surface area contributed by atoms with Gasteiger partial charge in [-0.3, -0.25) is 4.79 Å². The zero-order valence-corrected chi connectivity index (χ0v) is 13.2. The van der Waals surface area contributed by atoms with Gasteiger partial charge in [0.15, 0.2) is 0 Å². The third-order valence-electron chi connectivity index (χ3n) is 2.93. The number of hydrogen-bond acceptors (Lipinski definition) is 9. The highest BCUT2D eigenvalue weighted by molar-refractivity contribution is 5.86. The number of nitrogens with one attached hydrogen (secondary N) is 1. The minimum Gasteiger partial charge on any atom is -0.463 e. The standard InChI is InChI=1S/C14H25NO8/c1-10(2)13(21)23-6-11(19)5-22-12(20)3-4-15-14(7-16,8-17)9-18/h11,15-19H,1,3-9H2,2H3. The van der Waals surface area contributed by atoms with Crippen molar-refractivity contribution in [2.75, 3.05) is 39.6 Å². The molecule has 9 nitrogen and oxygen atoms in total. The Morgan fingerprint density at radius 1 is 1.13 bits per heavy atom. The molecule has 134 valence electrons. The molecule has 0 aromatic rings. The summed E-state index contributed by atoms with van der Waals surface area (Å²) in [5.41, 5.74) is -1.07. The molecule has 0 amide bonds. The molecule has 0 fully saturated rings. The third-order valence-corrected chi connectivity index (χ3v) is 2.93. The summed E-state index contributed by atoms with van der Waals surface area (Å²) in [6.07, 6.45) is -1.25. The van der Waals surface area contributed by atoms with Crippen molar-refractivity contribution in [3.8, 4) is 0 Å². The van der Waals surface area contributed by atoms with Crippen LogP contribution in [0.3, 0.4) is 0 Å². The fraction of sp³-hybridized carbons (Fsp3) is 0.714. The fourth-order valence-electron chi connectivity index (χ4n) is 1.35. The van der Waals surface area contributed by atoms with Crippen LogP contribution < -0.4 is 5.32 Å². The van der Waals surface area contributed by atoms with Gasteiger partial charge in [0.25, 0.3) is 0 Å². The van der Waals surface area contributed by atoms with Gasteiger partial charge in [-0.2, -0.15) is 0 Å². The van der Waals surface area contributed by atoms with Crippen LogP contribution in [0, 0.1) is 0 Å². The van der Waals surface area contributed by atoms with Crippen molar-refractivity contribution in [3.05, 3.63) is 12.2 Å². The minimum atomic E-state index is -1.27. The second-order valence-corrected chi connectivity index (χ2v) is 5.15. The molecule has 0 saturated heterocycles. The summed E-state index contributed by atoms with van der Waals surface area (Å²) in [7, 11) is 0. The number of rotatable bonds is 12. The van der Waals surface area contributed by atoms with E-state index in [4.69, 9.17) is 24.8 Å². The smallest absolute Gasteiger partial charge is 0.333 e. The Kier molecular flexibility index (Phi) is 10.4. The van der Waals surface area contributed by atoms with Gasteiger partial charge in [0.2, 0.25) is 0 Å². The Bertz CT molecular complexity index is 386. The van der Waals surface area contributed by atoms with Gasteiger partial charge in [-0.15, -0.1) is 0 Å². The molecule has 0 bridgehead atoms. The van der Waals surface area contributed by atoms with Crippen LogP contribution in [-0.4, -0.2) is 83.6 Å². The average Bonchev–Trinajstić information content (AvgIpc) is 2.55. The van der Waals surface area contributed by atoms with Crippen LogP contribution in [0.4, 0.5) is 0 Å². The van der Waals surface area contributed by atoms with Crippen LogP contribution >= 0.6 is 0 Å². The van der Waals surface area contributed by atoms with Crippen molar-refractivity contribution in [3.63, 3.8) is 0 Å². The van der Waals surface area contributed by atoms with E-state index in [-0.39, 0.29) is 31.8 Å². The van der Waals surface area contributed by atoms with Crippen molar-refractivity contribution < 1.29 is 39.5 Å². The Hall–Kier alpha value is -1.52. The summed E-state index contributed by atoms with van der Waals surface area (Å²) in [6.45, 7) is 2.75. The number of aliphatic hydroxyl groups excluding tert-OH is 4. The number of carbonyl (C=O) groups excluding carboxylic acids is 2. The predicted molar refractivity (Wildman–Crippen MR) is 79.3 cm³/mol. The number of carbonyl (C=O) groups is 2. The molecule has 23 heavy (non-hydrogen) atoms. The van der Waals surface area contributed by atoms with Crippen molar-refractivity contribution >= 4 is 11.9 Å². The molecule has 5 N–H and O–H groups in total. The Morgan fingerprint density at radius 2 is 1.65 bits per heavy atom. The van der Waals surface area contributed by atoms with Crippen LogP contribution in [0.5, 0.6) is 0 Å². The van der Waals surface area contributed by atoms with E-state index in [0.717, 1.165) is 0 Å². The molecule has 0 aromatic carbocycles. The van der Waals surface area contributed by atoms with E-state index in [9.17, 15) is 14.7 Å². The molecule has 0 spiro atoms. The molecular formula is C14H25NO8. The fourth-order valence-corrected chi connectivity index (χ4v) is 1.35. The minimum absolute atomic E-state index is 0.0568. The van der Waals surface area contributed by atoms with Gasteiger partial charge in [0.05, 0.1) is 31.8 Å². The van der Waals surface area contributed by atoms with E-state index in [0.29, 0.717) is 0 Å². The number of ether oxygens (including phenoxy) is 2. The van der Waals surface area contributed by atoms with Crippen LogP contribution in [0.1, 0.15) is 13.3 Å². The van der Waals surface area contributed by atoms with E-state index in [1.807, 2.05) is 0 Å². The lowest BCUT2D eigenvalue weighted by atomic mass is 10.0. The summed E-state index contributed by atoms with van der Waals surface area (Å²) in [4.78, 5) is 22.6. The van der Waals surface area contributed by atoms with Crippen molar-refractivity contribution in [2.24, 2.45) is 0 Å². The summed E-state index contributed by atoms with van der Waals surface area (Å²) >= 11 is 0. The summed E-state index contributed by atoms with van der Waals surface area (Å²) in [5.74, 6) is -1.28. The largest absolute Gasteiger partial charge is 0.463 e. The Labute approximate surface area is 134 Å². The molecule has 0 rings (SSSR count). The van der Waals surface area contributed by atoms with Crippen molar-refractivity contribution in [2.45, 2.75) is 25.0 Å². The van der Waals surface area contributed by atoms with E-state index < -0.39 is 43.4 Å². The SMILES string of the molecule is C=C(C)C(=O)OCC(O)COC(=O)CCNC(CO)(CO)CO. The second-order valence-electron chi connectivity index (χ2n) is 5.15. The topological polar surface area (TPSA) is 146 Å². The van der Waals surface area contributed by atoms with E-state index in [1.54, 1.807) is 0 Å². The van der Waals surface area contributed by atoms with Crippen LogP contribution in [0.25, 0.3) is 0 Å². The number of aliphatic hydroxyl groups is 4. The highest BCUT2D eigenvalue weighted by atomic mass is 16.6. The monoisotopic (exact) mass is 335 g/mol. The Morgan fingerprint density at radius 3 is 2.13 bits per heavy atom. The Balaban J connectivity index is 3.94. The molecule has 0 aliphatic carbocycles. The summed E-state index contributed by atoms with van der Waals surface area (Å²) in [5, 5.41) is 39.4. The van der Waals surface area contributed by atoms with Crippen LogP contribution in [0.15, 0.2) is 12.2 Å². The average molecular weight is 335 g/mol. The maximum absolute atomic E-state index is 11.5. The molecule has 9 heteroatoms. The molecule has 0 radical (unpaired) electrons. The predicted octanol–water partition coefficient (Wildman–Crippen LogP) is -2.29. The first-order chi connectivity index (χ1) is 10.8. The van der Waals surface area contributed by atoms with Crippen molar-refractivity contribution in [1.82, 2.24) is 5.32 Å². The second kappa shape index (κ2) is 11.1. The summed E-state index contributed by atoms with van der Waals surface area (Å²) < 4.78 is 9.47. The zero-order valence-electron chi connectivity index (χ0n) is 13.2. The van der Waals surface area contributed by atoms with Crippen molar-refractivity contribution in [1.29, 1.82) is 0 Å². The zero-order chi connectivity index (χ0) is 17.9. The quantitative estimate of drug-likeness (QED) is 0.196. The molecule has 0 aliphatic rings. The maximum atomic E-state index is 11.5. The number of hydrogen-bond donors (Lipinski definition) is 5. The first kappa shape index (κ1) is 21.5. The third kappa shape index (κ3) is 8.62. The molecule has 1 unspecified atom stereocenters. The highest BCUT2D eigenvalue weighted by Crippen LogP contribution is 2.02. The van der Waals surface area contributed by atoms with Gasteiger partial charge < -0.3 is 35.2 Å². The maximum Gasteiger partial charge on any atom is 0.333 e. The first-order valence-corrected chi connectivity index (χ1v) is 7.04. The lowest BCUT2D eigenvalue weighted by Crippen LogP contribution is -2.55. The van der Waals surface area contributed by atoms with E-state index >= 15 is 0 Å². The molecule has 1 atom stereocenters. The number of esters is 2. The molecule has 0 aliphatic heterocycles. The van der Waals surface area contributed by atoms with Gasteiger partial charge in [-0.1, -0.05) is 6.58 Å². The lowest BCUT2D eigenvalue weighted by Gasteiger charge is -2.28. The first-order valence-electron chi connectivity index (χ1n) is 7.04. The molecular weight excluding hydrogens is 310 g/mol. The molecule has 0 aromatic heterocycles.